The molecule has 0 aliphatic carbocycles. The molecule has 0 unspecified atom stereocenters. The van der Waals surface area contributed by atoms with Gasteiger partial charge in [-0.2, -0.15) is 0 Å². The van der Waals surface area contributed by atoms with Crippen LogP contribution >= 0.6 is 0 Å². The summed E-state index contributed by atoms with van der Waals surface area (Å²) >= 11 is 0. The summed E-state index contributed by atoms with van der Waals surface area (Å²) in [4.78, 5) is 0. The zero-order valence-corrected chi connectivity index (χ0v) is 17.8. The molecule has 35 heavy (non-hydrogen) atoms. The predicted octanol–water partition coefficient (Wildman–Crippen LogP) is 7.75. The summed E-state index contributed by atoms with van der Waals surface area (Å²) in [5.41, 5.74) is 1.70. The number of hydrogen-bond acceptors (Lipinski definition) is 3. The summed E-state index contributed by atoms with van der Waals surface area (Å²) in [6.07, 6.45) is -4.99. The first-order chi connectivity index (χ1) is 16.7. The maximum atomic E-state index is 14.4. The van der Waals surface area contributed by atoms with Gasteiger partial charge in [-0.25, -0.2) is 13.2 Å². The van der Waals surface area contributed by atoms with E-state index in [0.29, 0.717) is 28.0 Å². The van der Waals surface area contributed by atoms with Gasteiger partial charge >= 0.3 is 6.36 Å². The molecule has 0 atom stereocenters. The van der Waals surface area contributed by atoms with E-state index >= 15 is 0 Å². The second-order valence-electron chi connectivity index (χ2n) is 7.27. The molecule has 4 rings (SSSR count). The van der Waals surface area contributed by atoms with Crippen molar-refractivity contribution < 1.29 is 40.6 Å². The highest BCUT2D eigenvalue weighted by Crippen LogP contribution is 2.31. The van der Waals surface area contributed by atoms with Crippen LogP contribution in [0, 0.1) is 17.5 Å². The average molecular weight is 490 g/mol. The highest BCUT2D eigenvalue weighted by atomic mass is 19.4. The fourth-order valence-corrected chi connectivity index (χ4v) is 3.25. The number of halogens is 6. The molecule has 0 heterocycles. The lowest BCUT2D eigenvalue weighted by molar-refractivity contribution is -0.275. The Bertz CT molecular complexity index is 1300. The van der Waals surface area contributed by atoms with Crippen molar-refractivity contribution in [1.82, 2.24) is 0 Å². The van der Waals surface area contributed by atoms with Crippen molar-refractivity contribution >= 4 is 0 Å². The topological polar surface area (TPSA) is 27.7 Å². The van der Waals surface area contributed by atoms with Crippen LogP contribution in [0.1, 0.15) is 0 Å². The SMILES string of the molecule is Fc1ccc(-c2ccc(OCOc3ccc(-c4ccc(OC(F)(F)F)c(F)c4)cc3)cc2F)cc1. The van der Waals surface area contributed by atoms with Gasteiger partial charge in [0.1, 0.15) is 23.1 Å². The number of hydrogen-bond donors (Lipinski definition) is 0. The molecule has 180 valence electrons. The molecule has 0 radical (unpaired) electrons. The molecular formula is C26H16F6O3. The molecule has 0 spiro atoms. The molecule has 0 saturated carbocycles. The van der Waals surface area contributed by atoms with Gasteiger partial charge in [0.05, 0.1) is 0 Å². The second-order valence-corrected chi connectivity index (χ2v) is 7.27. The number of benzene rings is 4. The van der Waals surface area contributed by atoms with Crippen LogP contribution in [0.15, 0.2) is 84.9 Å². The van der Waals surface area contributed by atoms with Crippen LogP contribution in [0.25, 0.3) is 22.3 Å². The molecule has 9 heteroatoms. The smallest absolute Gasteiger partial charge is 0.458 e. The molecule has 0 aromatic heterocycles. The highest BCUT2D eigenvalue weighted by molar-refractivity contribution is 5.66. The van der Waals surface area contributed by atoms with Gasteiger partial charge in [-0.1, -0.05) is 30.3 Å². The predicted molar refractivity (Wildman–Crippen MR) is 116 cm³/mol. The number of rotatable bonds is 7. The second kappa shape index (κ2) is 10.0. The largest absolute Gasteiger partial charge is 0.573 e. The van der Waals surface area contributed by atoms with Crippen LogP contribution in [-0.2, 0) is 0 Å². The molecule has 3 nitrogen and oxygen atoms in total. The van der Waals surface area contributed by atoms with Gasteiger partial charge in [0.2, 0.25) is 6.79 Å². The van der Waals surface area contributed by atoms with Crippen molar-refractivity contribution in [1.29, 1.82) is 0 Å². The molecule has 0 N–H and O–H groups in total. The zero-order chi connectivity index (χ0) is 25.0. The molecule has 0 aliphatic rings. The zero-order valence-electron chi connectivity index (χ0n) is 17.8. The maximum Gasteiger partial charge on any atom is 0.573 e. The van der Waals surface area contributed by atoms with Crippen molar-refractivity contribution in [3.05, 3.63) is 102 Å². The minimum absolute atomic E-state index is 0.224. The minimum atomic E-state index is -4.99. The van der Waals surface area contributed by atoms with Gasteiger partial charge in [-0.15, -0.1) is 13.2 Å². The van der Waals surface area contributed by atoms with Crippen molar-refractivity contribution in [3.8, 4) is 39.5 Å². The molecule has 0 amide bonds. The van der Waals surface area contributed by atoms with Crippen LogP contribution in [0.2, 0.25) is 0 Å². The maximum absolute atomic E-state index is 14.4. The van der Waals surface area contributed by atoms with E-state index in [1.165, 1.54) is 42.5 Å². The summed E-state index contributed by atoms with van der Waals surface area (Å²) in [7, 11) is 0. The van der Waals surface area contributed by atoms with Gasteiger partial charge in [0.25, 0.3) is 0 Å². The van der Waals surface area contributed by atoms with E-state index in [1.807, 2.05) is 0 Å². The van der Waals surface area contributed by atoms with Crippen LogP contribution in [0.3, 0.4) is 0 Å². The van der Waals surface area contributed by atoms with Crippen LogP contribution < -0.4 is 14.2 Å². The fourth-order valence-electron chi connectivity index (χ4n) is 3.25. The average Bonchev–Trinajstić information content (AvgIpc) is 2.81. The summed E-state index contributed by atoms with van der Waals surface area (Å²) in [6.45, 7) is -0.229. The van der Waals surface area contributed by atoms with Crippen molar-refractivity contribution in [2.75, 3.05) is 6.79 Å². The summed E-state index contributed by atoms with van der Waals surface area (Å²) in [5.74, 6) is -2.40. The van der Waals surface area contributed by atoms with E-state index < -0.39 is 29.6 Å². The standard InChI is InChI=1S/C26H16F6O3/c27-19-6-1-17(2-7-19)22-11-10-21(14-23(22)28)34-15-33-20-8-3-16(4-9-20)18-5-12-25(24(29)13-18)35-26(30,31)32/h1-14H,15H2. The van der Waals surface area contributed by atoms with E-state index in [4.69, 9.17) is 9.47 Å². The fraction of sp³-hybridized carbons (Fsp3) is 0.0769. The van der Waals surface area contributed by atoms with Crippen molar-refractivity contribution in [2.45, 2.75) is 6.36 Å². The molecular weight excluding hydrogens is 474 g/mol. The van der Waals surface area contributed by atoms with Crippen LogP contribution in [-0.4, -0.2) is 13.2 Å². The Morgan fingerprint density at radius 1 is 0.571 bits per heavy atom. The normalized spacial score (nSPS) is 11.3. The minimum Gasteiger partial charge on any atom is -0.458 e. The van der Waals surface area contributed by atoms with E-state index in [9.17, 15) is 26.3 Å². The lowest BCUT2D eigenvalue weighted by atomic mass is 10.1. The molecule has 0 fully saturated rings. The van der Waals surface area contributed by atoms with E-state index in [2.05, 4.69) is 4.74 Å². The Kier molecular flexibility index (Phi) is 6.86. The Balaban J connectivity index is 1.35. The van der Waals surface area contributed by atoms with Crippen molar-refractivity contribution in [2.24, 2.45) is 0 Å². The Morgan fingerprint density at radius 2 is 1.17 bits per heavy atom. The lowest BCUT2D eigenvalue weighted by Crippen LogP contribution is -2.17. The third-order valence-corrected chi connectivity index (χ3v) is 4.89. The summed E-state index contributed by atoms with van der Waals surface area (Å²) in [5, 5.41) is 0. The van der Waals surface area contributed by atoms with Gasteiger partial charge in [-0.3, -0.25) is 0 Å². The lowest BCUT2D eigenvalue weighted by Gasteiger charge is -2.12. The summed E-state index contributed by atoms with van der Waals surface area (Å²) < 4.78 is 92.7. The third-order valence-electron chi connectivity index (χ3n) is 4.89. The molecule has 0 saturated heterocycles. The van der Waals surface area contributed by atoms with E-state index in [1.54, 1.807) is 30.3 Å². The number of ether oxygens (including phenoxy) is 3. The highest BCUT2D eigenvalue weighted by Gasteiger charge is 2.32. The molecule has 4 aromatic rings. The molecule has 0 bridgehead atoms. The Labute approximate surface area is 196 Å². The number of alkyl halides is 3. The van der Waals surface area contributed by atoms with Gasteiger partial charge in [-0.05, 0) is 65.2 Å². The third kappa shape index (κ3) is 6.26. The summed E-state index contributed by atoms with van der Waals surface area (Å²) in [6, 6.07) is 19.1. The van der Waals surface area contributed by atoms with Crippen LogP contribution in [0.5, 0.6) is 17.2 Å². The quantitative estimate of drug-likeness (QED) is 0.196. The Hall–Kier alpha value is -4.14. The van der Waals surface area contributed by atoms with E-state index in [0.717, 1.165) is 12.1 Å². The Morgan fingerprint density at radius 3 is 1.80 bits per heavy atom. The molecule has 4 aromatic carbocycles. The van der Waals surface area contributed by atoms with Crippen molar-refractivity contribution in [3.63, 3.8) is 0 Å². The first-order valence-electron chi connectivity index (χ1n) is 10.1. The first-order valence-corrected chi connectivity index (χ1v) is 10.1. The van der Waals surface area contributed by atoms with Gasteiger partial charge in [0, 0.05) is 11.6 Å². The van der Waals surface area contributed by atoms with Gasteiger partial charge < -0.3 is 14.2 Å². The van der Waals surface area contributed by atoms with Crippen LogP contribution in [0.4, 0.5) is 26.3 Å². The van der Waals surface area contributed by atoms with Gasteiger partial charge in [0.15, 0.2) is 11.6 Å². The van der Waals surface area contributed by atoms with E-state index in [-0.39, 0.29) is 12.5 Å². The monoisotopic (exact) mass is 490 g/mol. The molecule has 0 aliphatic heterocycles. The first kappa shape index (κ1) is 24.0.